The molecular formula is C17H15N3O5. The van der Waals surface area contributed by atoms with Gasteiger partial charge in [-0.1, -0.05) is 6.07 Å². The Hall–Kier alpha value is -3.42. The number of hydrogen-bond acceptors (Lipinski definition) is 6. The summed E-state index contributed by atoms with van der Waals surface area (Å²) in [5.41, 5.74) is 5.78. The minimum absolute atomic E-state index is 0.0558. The van der Waals surface area contributed by atoms with Crippen molar-refractivity contribution in [1.29, 1.82) is 0 Å². The molecule has 0 bridgehead atoms. The number of nitrogens with one attached hydrogen (secondary N) is 1. The summed E-state index contributed by atoms with van der Waals surface area (Å²) in [6, 6.07) is 7.15. The lowest BCUT2D eigenvalue weighted by molar-refractivity contribution is 0.0377. The zero-order chi connectivity index (χ0) is 18.3. The molecule has 0 unspecified atom stereocenters. The average Bonchev–Trinajstić information content (AvgIpc) is 2.81. The standard InChI is InChI=1S/C17H15N3O5/c1-8(2)25-17(24)9-4-3-5-10(6-9)20-12(21)7-11-13(14(20)18)16(23)19-15(11)22/h3-8H,18H2,1-2H3,(H,19,22,23). The molecule has 0 radical (unpaired) electrons. The number of ether oxygens (including phenoxy) is 1. The first-order valence-electron chi connectivity index (χ1n) is 7.52. The molecule has 1 aliphatic rings. The number of nitrogen functional groups attached to an aromatic ring is 1. The van der Waals surface area contributed by atoms with Crippen molar-refractivity contribution in [1.82, 2.24) is 9.88 Å². The fourth-order valence-corrected chi connectivity index (χ4v) is 2.60. The number of anilines is 1. The number of nitrogens with two attached hydrogens (primary N) is 1. The summed E-state index contributed by atoms with van der Waals surface area (Å²) in [6.07, 6.45) is -0.293. The van der Waals surface area contributed by atoms with Gasteiger partial charge in [-0.2, -0.15) is 0 Å². The van der Waals surface area contributed by atoms with Gasteiger partial charge in [0, 0.05) is 6.07 Å². The van der Waals surface area contributed by atoms with Crippen LogP contribution in [0.25, 0.3) is 5.69 Å². The van der Waals surface area contributed by atoms with Crippen molar-refractivity contribution < 1.29 is 19.1 Å². The second-order valence-electron chi connectivity index (χ2n) is 5.78. The number of benzene rings is 1. The maximum atomic E-state index is 12.4. The number of fused-ring (bicyclic) bond motifs is 1. The highest BCUT2D eigenvalue weighted by Gasteiger charge is 2.31. The summed E-state index contributed by atoms with van der Waals surface area (Å²) >= 11 is 0. The molecular weight excluding hydrogens is 326 g/mol. The SMILES string of the molecule is CC(C)OC(=O)c1cccc(-n2c(N)c3c(cc2=O)C(=O)NC3=O)c1. The molecule has 2 amide bonds. The van der Waals surface area contributed by atoms with E-state index in [0.29, 0.717) is 0 Å². The number of hydrogen-bond donors (Lipinski definition) is 2. The zero-order valence-corrected chi connectivity index (χ0v) is 13.5. The molecule has 1 aromatic heterocycles. The molecule has 0 spiro atoms. The minimum atomic E-state index is -0.665. The summed E-state index contributed by atoms with van der Waals surface area (Å²) in [7, 11) is 0. The molecule has 1 aromatic carbocycles. The summed E-state index contributed by atoms with van der Waals surface area (Å²) in [5.74, 6) is -2.04. The van der Waals surface area contributed by atoms with Crippen LogP contribution in [-0.2, 0) is 4.74 Å². The largest absolute Gasteiger partial charge is 0.459 e. The number of carbonyl (C=O) groups is 3. The number of amides is 2. The van der Waals surface area contributed by atoms with Crippen LogP contribution in [0.5, 0.6) is 0 Å². The van der Waals surface area contributed by atoms with Crippen LogP contribution in [0.4, 0.5) is 5.82 Å². The molecule has 8 heteroatoms. The first-order valence-corrected chi connectivity index (χ1v) is 7.52. The Morgan fingerprint density at radius 3 is 2.56 bits per heavy atom. The second kappa shape index (κ2) is 5.90. The Bertz CT molecular complexity index is 975. The van der Waals surface area contributed by atoms with E-state index in [1.807, 2.05) is 0 Å². The van der Waals surface area contributed by atoms with Gasteiger partial charge in [0.05, 0.1) is 28.5 Å². The summed E-state index contributed by atoms with van der Waals surface area (Å²) in [6.45, 7) is 3.45. The van der Waals surface area contributed by atoms with Crippen molar-refractivity contribution in [3.63, 3.8) is 0 Å². The third-order valence-corrected chi connectivity index (χ3v) is 3.64. The molecule has 0 atom stereocenters. The fraction of sp³-hybridized carbons (Fsp3) is 0.176. The molecule has 3 rings (SSSR count). The van der Waals surface area contributed by atoms with E-state index in [4.69, 9.17) is 10.5 Å². The summed E-state index contributed by atoms with van der Waals surface area (Å²) in [4.78, 5) is 48.0. The Kier molecular flexibility index (Phi) is 3.88. The number of imide groups is 1. The quantitative estimate of drug-likeness (QED) is 0.631. The summed E-state index contributed by atoms with van der Waals surface area (Å²) in [5, 5.41) is 2.10. The van der Waals surface area contributed by atoms with Gasteiger partial charge in [-0.15, -0.1) is 0 Å². The Morgan fingerprint density at radius 2 is 1.88 bits per heavy atom. The number of nitrogens with zero attached hydrogens (tertiary/aromatic N) is 1. The molecule has 0 saturated carbocycles. The highest BCUT2D eigenvalue weighted by molar-refractivity contribution is 6.23. The number of aromatic nitrogens is 1. The van der Waals surface area contributed by atoms with Crippen molar-refractivity contribution in [2.24, 2.45) is 0 Å². The third kappa shape index (κ3) is 2.78. The van der Waals surface area contributed by atoms with Gasteiger partial charge in [0.2, 0.25) is 0 Å². The summed E-state index contributed by atoms with van der Waals surface area (Å²) < 4.78 is 6.20. The topological polar surface area (TPSA) is 120 Å². The van der Waals surface area contributed by atoms with E-state index in [1.165, 1.54) is 6.07 Å². The molecule has 2 aromatic rings. The third-order valence-electron chi connectivity index (χ3n) is 3.64. The van der Waals surface area contributed by atoms with Gasteiger partial charge in [0.15, 0.2) is 0 Å². The molecule has 0 saturated heterocycles. The zero-order valence-electron chi connectivity index (χ0n) is 13.5. The van der Waals surface area contributed by atoms with Gasteiger partial charge in [-0.3, -0.25) is 24.3 Å². The van der Waals surface area contributed by atoms with Crippen LogP contribution in [0.3, 0.4) is 0 Å². The van der Waals surface area contributed by atoms with E-state index < -0.39 is 23.3 Å². The Balaban J connectivity index is 2.14. The van der Waals surface area contributed by atoms with Gasteiger partial charge in [-0.05, 0) is 32.0 Å². The highest BCUT2D eigenvalue weighted by Crippen LogP contribution is 2.23. The van der Waals surface area contributed by atoms with Crippen LogP contribution in [-0.4, -0.2) is 28.5 Å². The van der Waals surface area contributed by atoms with Crippen LogP contribution < -0.4 is 16.6 Å². The lowest BCUT2D eigenvalue weighted by Gasteiger charge is -2.13. The molecule has 1 aliphatic heterocycles. The fourth-order valence-electron chi connectivity index (χ4n) is 2.60. The van der Waals surface area contributed by atoms with E-state index in [1.54, 1.807) is 32.0 Å². The highest BCUT2D eigenvalue weighted by atomic mass is 16.5. The molecule has 25 heavy (non-hydrogen) atoms. The first kappa shape index (κ1) is 16.4. The number of pyridine rings is 1. The average molecular weight is 341 g/mol. The number of carbonyl (C=O) groups excluding carboxylic acids is 3. The lowest BCUT2D eigenvalue weighted by Crippen LogP contribution is -2.24. The van der Waals surface area contributed by atoms with Crippen LogP contribution in [0, 0.1) is 0 Å². The van der Waals surface area contributed by atoms with Gasteiger partial charge in [0.25, 0.3) is 17.4 Å². The van der Waals surface area contributed by atoms with E-state index in [0.717, 1.165) is 10.6 Å². The maximum absolute atomic E-state index is 12.4. The van der Waals surface area contributed by atoms with Crippen molar-refractivity contribution in [3.8, 4) is 5.69 Å². The van der Waals surface area contributed by atoms with Crippen molar-refractivity contribution in [2.45, 2.75) is 20.0 Å². The number of esters is 1. The Morgan fingerprint density at radius 1 is 1.16 bits per heavy atom. The molecule has 2 heterocycles. The van der Waals surface area contributed by atoms with E-state index in [9.17, 15) is 19.2 Å². The van der Waals surface area contributed by atoms with Gasteiger partial charge >= 0.3 is 5.97 Å². The predicted molar refractivity (Wildman–Crippen MR) is 88.8 cm³/mol. The Labute approximate surface area is 142 Å². The van der Waals surface area contributed by atoms with Crippen LogP contribution in [0.2, 0.25) is 0 Å². The van der Waals surface area contributed by atoms with Crippen LogP contribution in [0.1, 0.15) is 44.9 Å². The maximum Gasteiger partial charge on any atom is 0.338 e. The van der Waals surface area contributed by atoms with Crippen molar-refractivity contribution >= 4 is 23.6 Å². The van der Waals surface area contributed by atoms with Crippen molar-refractivity contribution in [2.75, 3.05) is 5.73 Å². The smallest absolute Gasteiger partial charge is 0.338 e. The van der Waals surface area contributed by atoms with E-state index in [2.05, 4.69) is 5.32 Å². The number of rotatable bonds is 3. The molecule has 8 nitrogen and oxygen atoms in total. The molecule has 0 fully saturated rings. The minimum Gasteiger partial charge on any atom is -0.459 e. The van der Waals surface area contributed by atoms with Gasteiger partial charge < -0.3 is 10.5 Å². The van der Waals surface area contributed by atoms with Crippen molar-refractivity contribution in [3.05, 3.63) is 57.4 Å². The van der Waals surface area contributed by atoms with Gasteiger partial charge in [-0.25, -0.2) is 4.79 Å². The molecule has 0 aliphatic carbocycles. The second-order valence-corrected chi connectivity index (χ2v) is 5.78. The van der Waals surface area contributed by atoms with Crippen LogP contribution in [0.15, 0.2) is 35.1 Å². The normalized spacial score (nSPS) is 12.9. The predicted octanol–water partition coefficient (Wildman–Crippen LogP) is 0.869. The lowest BCUT2D eigenvalue weighted by atomic mass is 10.1. The van der Waals surface area contributed by atoms with E-state index >= 15 is 0 Å². The molecule has 128 valence electrons. The first-order chi connectivity index (χ1) is 11.8. The van der Waals surface area contributed by atoms with Crippen LogP contribution >= 0.6 is 0 Å². The molecule has 3 N–H and O–H groups in total. The van der Waals surface area contributed by atoms with Gasteiger partial charge in [0.1, 0.15) is 5.82 Å². The monoisotopic (exact) mass is 341 g/mol. The van der Waals surface area contributed by atoms with E-state index in [-0.39, 0.29) is 34.3 Å².